The Labute approximate surface area is 117 Å². The van der Waals surface area contributed by atoms with E-state index in [2.05, 4.69) is 29.5 Å². The van der Waals surface area contributed by atoms with Crippen LogP contribution in [-0.4, -0.2) is 25.6 Å². The van der Waals surface area contributed by atoms with Crippen molar-refractivity contribution in [3.63, 3.8) is 0 Å². The number of nitrogens with zero attached hydrogens (tertiary/aromatic N) is 1. The fourth-order valence-electron chi connectivity index (χ4n) is 2.04. The van der Waals surface area contributed by atoms with Gasteiger partial charge in [-0.25, -0.2) is 0 Å². The van der Waals surface area contributed by atoms with Crippen molar-refractivity contribution in [3.8, 4) is 0 Å². The van der Waals surface area contributed by atoms with Gasteiger partial charge in [-0.05, 0) is 38.0 Å². The lowest BCUT2D eigenvalue weighted by atomic mass is 9.87. The summed E-state index contributed by atoms with van der Waals surface area (Å²) in [5, 5.41) is 6.82. The van der Waals surface area contributed by atoms with Gasteiger partial charge in [0.2, 0.25) is 0 Å². The Morgan fingerprint density at radius 2 is 1.88 bits per heavy atom. The molecule has 0 bridgehead atoms. The van der Waals surface area contributed by atoms with Gasteiger partial charge >= 0.3 is 0 Å². The minimum Gasteiger partial charge on any atom is -0.356 e. The predicted molar refractivity (Wildman–Crippen MR) is 81.6 cm³/mol. The van der Waals surface area contributed by atoms with Crippen molar-refractivity contribution in [1.29, 1.82) is 0 Å². The molecule has 0 spiro atoms. The summed E-state index contributed by atoms with van der Waals surface area (Å²) < 4.78 is 0. The molecule has 16 heavy (non-hydrogen) atoms. The first kappa shape index (κ1) is 16.0. The zero-order valence-electron chi connectivity index (χ0n) is 10.8. The highest BCUT2D eigenvalue weighted by atomic mass is 127. The van der Waals surface area contributed by atoms with E-state index < -0.39 is 0 Å². The highest BCUT2D eigenvalue weighted by Crippen LogP contribution is 2.23. The number of nitrogens with one attached hydrogen (secondary N) is 2. The number of hydrogen-bond donors (Lipinski definition) is 2. The summed E-state index contributed by atoms with van der Waals surface area (Å²) in [5.41, 5.74) is 0. The van der Waals surface area contributed by atoms with Gasteiger partial charge in [-0.2, -0.15) is 0 Å². The molecule has 2 N–H and O–H groups in total. The molecule has 0 heterocycles. The Balaban J connectivity index is 0.00000225. The highest BCUT2D eigenvalue weighted by Gasteiger charge is 2.18. The van der Waals surface area contributed by atoms with Crippen molar-refractivity contribution < 1.29 is 0 Å². The second kappa shape index (κ2) is 9.07. The molecule has 1 rings (SSSR count). The van der Waals surface area contributed by atoms with Crippen LogP contribution in [-0.2, 0) is 0 Å². The highest BCUT2D eigenvalue weighted by molar-refractivity contribution is 14.0. The minimum atomic E-state index is 0. The Morgan fingerprint density at radius 1 is 1.25 bits per heavy atom. The Morgan fingerprint density at radius 3 is 2.38 bits per heavy atom. The van der Waals surface area contributed by atoms with Crippen LogP contribution in [0, 0.1) is 5.92 Å². The zero-order valence-corrected chi connectivity index (χ0v) is 13.1. The van der Waals surface area contributed by atoms with Crippen molar-refractivity contribution in [2.24, 2.45) is 10.9 Å². The van der Waals surface area contributed by atoms with Gasteiger partial charge in [-0.1, -0.05) is 13.8 Å². The third-order valence-electron chi connectivity index (χ3n) is 3.12. The molecule has 1 aliphatic carbocycles. The third-order valence-corrected chi connectivity index (χ3v) is 3.12. The fourth-order valence-corrected chi connectivity index (χ4v) is 2.04. The summed E-state index contributed by atoms with van der Waals surface area (Å²) in [6.07, 6.45) is 6.41. The maximum atomic E-state index is 4.23. The molecule has 4 heteroatoms. The molecular weight excluding hydrogens is 313 g/mol. The molecule has 0 amide bonds. The van der Waals surface area contributed by atoms with E-state index in [-0.39, 0.29) is 24.0 Å². The average molecular weight is 339 g/mol. The topological polar surface area (TPSA) is 36.4 Å². The van der Waals surface area contributed by atoms with Gasteiger partial charge in [0.1, 0.15) is 0 Å². The average Bonchev–Trinajstić information content (AvgIpc) is 2.27. The third kappa shape index (κ3) is 5.92. The number of rotatable bonds is 3. The van der Waals surface area contributed by atoms with E-state index in [1.165, 1.54) is 25.7 Å². The lowest BCUT2D eigenvalue weighted by molar-refractivity contribution is 0.329. The van der Waals surface area contributed by atoms with E-state index >= 15 is 0 Å². The van der Waals surface area contributed by atoms with Crippen LogP contribution >= 0.6 is 24.0 Å². The fraction of sp³-hybridized carbons (Fsp3) is 0.917. The molecule has 1 fully saturated rings. The van der Waals surface area contributed by atoms with Crippen LogP contribution in [0.2, 0.25) is 0 Å². The van der Waals surface area contributed by atoms with Crippen molar-refractivity contribution >= 4 is 29.9 Å². The van der Waals surface area contributed by atoms with Crippen LogP contribution in [0.15, 0.2) is 4.99 Å². The summed E-state index contributed by atoms with van der Waals surface area (Å²) in [6.45, 7) is 5.52. The van der Waals surface area contributed by atoms with Crippen molar-refractivity contribution in [2.75, 3.05) is 13.6 Å². The van der Waals surface area contributed by atoms with Crippen LogP contribution in [0.4, 0.5) is 0 Å². The molecule has 0 saturated heterocycles. The Kier molecular flexibility index (Phi) is 9.07. The number of halogens is 1. The number of guanidine groups is 1. The summed E-state index contributed by atoms with van der Waals surface area (Å²) in [5.74, 6) is 1.88. The van der Waals surface area contributed by atoms with E-state index in [4.69, 9.17) is 0 Å². The maximum Gasteiger partial charge on any atom is 0.191 e. The molecule has 0 aromatic rings. The maximum absolute atomic E-state index is 4.23. The molecule has 0 aromatic carbocycles. The molecular formula is C12H26IN3. The summed E-state index contributed by atoms with van der Waals surface area (Å²) in [6, 6.07) is 0.629. The summed E-state index contributed by atoms with van der Waals surface area (Å²) in [7, 11) is 1.84. The quantitative estimate of drug-likeness (QED) is 0.471. The van der Waals surface area contributed by atoms with E-state index in [0.29, 0.717) is 6.04 Å². The van der Waals surface area contributed by atoms with Crippen molar-refractivity contribution in [2.45, 2.75) is 52.0 Å². The minimum absolute atomic E-state index is 0. The van der Waals surface area contributed by atoms with Crippen LogP contribution < -0.4 is 10.6 Å². The van der Waals surface area contributed by atoms with Gasteiger partial charge in [0.15, 0.2) is 5.96 Å². The normalized spacial score (nSPS) is 25.8. The van der Waals surface area contributed by atoms with Gasteiger partial charge in [-0.3, -0.25) is 4.99 Å². The first-order valence-corrected chi connectivity index (χ1v) is 6.23. The molecule has 0 atom stereocenters. The van der Waals surface area contributed by atoms with Crippen molar-refractivity contribution in [1.82, 2.24) is 10.6 Å². The smallest absolute Gasteiger partial charge is 0.191 e. The summed E-state index contributed by atoms with van der Waals surface area (Å²) in [4.78, 5) is 4.23. The van der Waals surface area contributed by atoms with E-state index in [9.17, 15) is 0 Å². The number of aliphatic imine (C=N–C) groups is 1. The first-order valence-electron chi connectivity index (χ1n) is 6.23. The van der Waals surface area contributed by atoms with Gasteiger partial charge in [0.05, 0.1) is 0 Å². The second-order valence-corrected chi connectivity index (χ2v) is 4.60. The molecule has 0 radical (unpaired) electrons. The monoisotopic (exact) mass is 339 g/mol. The van der Waals surface area contributed by atoms with E-state index in [1.54, 1.807) is 0 Å². The second-order valence-electron chi connectivity index (χ2n) is 4.60. The van der Waals surface area contributed by atoms with Crippen LogP contribution in [0.25, 0.3) is 0 Å². The van der Waals surface area contributed by atoms with Gasteiger partial charge in [0, 0.05) is 19.6 Å². The Hall–Kier alpha value is 0. The zero-order chi connectivity index (χ0) is 11.1. The van der Waals surface area contributed by atoms with Crippen LogP contribution in [0.3, 0.4) is 0 Å². The molecule has 0 aromatic heterocycles. The van der Waals surface area contributed by atoms with E-state index in [1.807, 2.05) is 7.05 Å². The molecule has 1 aliphatic rings. The van der Waals surface area contributed by atoms with E-state index in [0.717, 1.165) is 24.8 Å². The SMILES string of the molecule is CCCNC(=NC)NC1CCC(C)CC1.I. The molecule has 96 valence electrons. The van der Waals surface area contributed by atoms with Gasteiger partial charge in [-0.15, -0.1) is 24.0 Å². The molecule has 0 aliphatic heterocycles. The number of hydrogen-bond acceptors (Lipinski definition) is 1. The lowest BCUT2D eigenvalue weighted by Crippen LogP contribution is -2.44. The summed E-state index contributed by atoms with van der Waals surface area (Å²) >= 11 is 0. The lowest BCUT2D eigenvalue weighted by Gasteiger charge is -2.28. The van der Waals surface area contributed by atoms with Crippen LogP contribution in [0.1, 0.15) is 46.0 Å². The molecule has 0 unspecified atom stereocenters. The van der Waals surface area contributed by atoms with Gasteiger partial charge < -0.3 is 10.6 Å². The first-order chi connectivity index (χ1) is 7.26. The van der Waals surface area contributed by atoms with Crippen LogP contribution in [0.5, 0.6) is 0 Å². The predicted octanol–water partition coefficient (Wildman–Crippen LogP) is 2.76. The van der Waals surface area contributed by atoms with Crippen molar-refractivity contribution in [3.05, 3.63) is 0 Å². The van der Waals surface area contributed by atoms with Gasteiger partial charge in [0.25, 0.3) is 0 Å². The Bertz CT molecular complexity index is 198. The molecule has 3 nitrogen and oxygen atoms in total. The molecule has 1 saturated carbocycles. The largest absolute Gasteiger partial charge is 0.356 e. The standard InChI is InChI=1S/C12H25N3.HI/c1-4-9-14-12(13-3)15-11-7-5-10(2)6-8-11;/h10-11H,4-9H2,1-3H3,(H2,13,14,15);1H.